The second-order valence-electron chi connectivity index (χ2n) is 4.19. The van der Waals surface area contributed by atoms with Gasteiger partial charge in [0.05, 0.1) is 23.2 Å². The van der Waals surface area contributed by atoms with Crippen molar-refractivity contribution in [3.8, 4) is 11.8 Å². The van der Waals surface area contributed by atoms with Crippen LogP contribution in [0.5, 0.6) is 5.75 Å². The zero-order valence-corrected chi connectivity index (χ0v) is 14.1. The lowest BCUT2D eigenvalue weighted by atomic mass is 10.1. The molecule has 21 heavy (non-hydrogen) atoms. The van der Waals surface area contributed by atoms with Gasteiger partial charge in [-0.3, -0.25) is 0 Å². The Balaban J connectivity index is 2.37. The first-order valence-electron chi connectivity index (χ1n) is 6.00. The van der Waals surface area contributed by atoms with Crippen LogP contribution < -0.4 is 10.1 Å². The molecule has 0 amide bonds. The maximum Gasteiger partial charge on any atom is 0.145 e. The Kier molecular flexibility index (Phi) is 5.35. The van der Waals surface area contributed by atoms with Crippen molar-refractivity contribution in [1.29, 1.82) is 5.26 Å². The first-order chi connectivity index (χ1) is 10.1. The fraction of sp³-hybridized carbons (Fsp3) is 0.133. The lowest BCUT2D eigenvalue weighted by Crippen LogP contribution is -2.10. The van der Waals surface area contributed by atoms with Gasteiger partial charge in [-0.25, -0.2) is 0 Å². The molecule has 0 bridgehead atoms. The molecule has 2 rings (SSSR count). The summed E-state index contributed by atoms with van der Waals surface area (Å²) in [5.41, 5.74) is 1.36. The predicted molar refractivity (Wildman–Crippen MR) is 89.1 cm³/mol. The van der Waals surface area contributed by atoms with Gasteiger partial charge in [0.2, 0.25) is 0 Å². The topological polar surface area (TPSA) is 45.0 Å². The molecule has 1 unspecified atom stereocenters. The van der Waals surface area contributed by atoms with E-state index in [1.165, 1.54) is 0 Å². The van der Waals surface area contributed by atoms with E-state index in [1.54, 1.807) is 43.5 Å². The molecule has 0 saturated heterocycles. The summed E-state index contributed by atoms with van der Waals surface area (Å²) in [4.78, 5) is 0. The van der Waals surface area contributed by atoms with Gasteiger partial charge in [-0.05, 0) is 46.3 Å². The monoisotopic (exact) mass is 384 g/mol. The average molecular weight is 386 g/mol. The molecular formula is C15H11BrCl2N2O. The van der Waals surface area contributed by atoms with Crippen LogP contribution in [-0.2, 0) is 0 Å². The van der Waals surface area contributed by atoms with Gasteiger partial charge in [-0.2, -0.15) is 5.26 Å². The van der Waals surface area contributed by atoms with Crippen LogP contribution in [0.1, 0.15) is 11.6 Å². The van der Waals surface area contributed by atoms with E-state index in [1.807, 2.05) is 0 Å². The molecule has 0 heterocycles. The zero-order valence-electron chi connectivity index (χ0n) is 11.0. The smallest absolute Gasteiger partial charge is 0.145 e. The van der Waals surface area contributed by atoms with Gasteiger partial charge < -0.3 is 10.1 Å². The number of hydrogen-bond acceptors (Lipinski definition) is 3. The average Bonchev–Trinajstić information content (AvgIpc) is 2.48. The van der Waals surface area contributed by atoms with Crippen molar-refractivity contribution in [2.24, 2.45) is 0 Å². The van der Waals surface area contributed by atoms with E-state index in [0.29, 0.717) is 21.4 Å². The summed E-state index contributed by atoms with van der Waals surface area (Å²) in [5, 5.41) is 13.6. The highest BCUT2D eigenvalue weighted by Gasteiger charge is 2.19. The number of anilines is 1. The number of benzene rings is 2. The number of ether oxygens (including phenoxy) is 1. The molecule has 0 aliphatic rings. The molecule has 2 aromatic rings. The highest BCUT2D eigenvalue weighted by molar-refractivity contribution is 9.10. The van der Waals surface area contributed by atoms with E-state index in [2.05, 4.69) is 27.3 Å². The van der Waals surface area contributed by atoms with E-state index in [0.717, 1.165) is 10.2 Å². The molecule has 0 aliphatic heterocycles. The fourth-order valence-electron chi connectivity index (χ4n) is 1.90. The van der Waals surface area contributed by atoms with Gasteiger partial charge in [0.15, 0.2) is 0 Å². The lowest BCUT2D eigenvalue weighted by Gasteiger charge is -2.18. The Hall–Kier alpha value is -1.41. The molecule has 0 spiro atoms. The first kappa shape index (κ1) is 16.0. The van der Waals surface area contributed by atoms with Crippen LogP contribution in [0.3, 0.4) is 0 Å². The highest BCUT2D eigenvalue weighted by atomic mass is 79.9. The third-order valence-electron chi connectivity index (χ3n) is 2.88. The molecule has 1 atom stereocenters. The molecule has 0 aliphatic carbocycles. The number of nitrogens with zero attached hydrogens (tertiary/aromatic N) is 1. The van der Waals surface area contributed by atoms with E-state index < -0.39 is 6.04 Å². The lowest BCUT2D eigenvalue weighted by molar-refractivity contribution is 0.409. The Morgan fingerprint density at radius 2 is 2.00 bits per heavy atom. The summed E-state index contributed by atoms with van der Waals surface area (Å²) in [7, 11) is 1.54. The summed E-state index contributed by atoms with van der Waals surface area (Å²) >= 11 is 15.5. The Labute approximate surface area is 141 Å². The van der Waals surface area contributed by atoms with Gasteiger partial charge in [-0.15, -0.1) is 0 Å². The van der Waals surface area contributed by atoms with Crippen molar-refractivity contribution >= 4 is 44.8 Å². The van der Waals surface area contributed by atoms with E-state index in [4.69, 9.17) is 27.9 Å². The molecule has 3 nitrogen and oxygen atoms in total. The van der Waals surface area contributed by atoms with Crippen molar-refractivity contribution in [2.45, 2.75) is 6.04 Å². The van der Waals surface area contributed by atoms with Crippen molar-refractivity contribution in [3.05, 3.63) is 56.5 Å². The van der Waals surface area contributed by atoms with Crippen molar-refractivity contribution in [2.75, 3.05) is 12.4 Å². The first-order valence-corrected chi connectivity index (χ1v) is 7.55. The van der Waals surface area contributed by atoms with Crippen LogP contribution in [0.4, 0.5) is 5.69 Å². The summed E-state index contributed by atoms with van der Waals surface area (Å²) < 4.78 is 6.03. The van der Waals surface area contributed by atoms with Crippen LogP contribution in [0, 0.1) is 11.3 Å². The standard InChI is InChI=1S/C15H11BrCl2N2O/c1-21-14-4-2-3-12(18)15(14)13(8-19)20-9-5-6-11(17)10(16)7-9/h2-7,13,20H,1H3. The second-order valence-corrected chi connectivity index (χ2v) is 5.86. The zero-order chi connectivity index (χ0) is 15.4. The molecule has 108 valence electrons. The minimum Gasteiger partial charge on any atom is -0.496 e. The maximum absolute atomic E-state index is 9.44. The van der Waals surface area contributed by atoms with Gasteiger partial charge in [0.1, 0.15) is 11.8 Å². The summed E-state index contributed by atoms with van der Waals surface area (Å²) in [5.74, 6) is 0.564. The second kappa shape index (κ2) is 7.04. The van der Waals surface area contributed by atoms with E-state index in [-0.39, 0.29) is 0 Å². The number of rotatable bonds is 4. The normalized spacial score (nSPS) is 11.6. The molecule has 1 N–H and O–H groups in total. The number of nitriles is 1. The molecule has 2 aromatic carbocycles. The maximum atomic E-state index is 9.44. The van der Waals surface area contributed by atoms with Crippen LogP contribution in [0.25, 0.3) is 0 Å². The molecule has 0 aromatic heterocycles. The summed E-state index contributed by atoms with van der Waals surface area (Å²) in [6.45, 7) is 0. The third kappa shape index (κ3) is 3.62. The minimum atomic E-state index is -0.637. The van der Waals surface area contributed by atoms with Crippen LogP contribution in [0.2, 0.25) is 10.0 Å². The number of nitrogens with one attached hydrogen (secondary N) is 1. The van der Waals surface area contributed by atoms with Gasteiger partial charge >= 0.3 is 0 Å². The number of hydrogen-bond donors (Lipinski definition) is 1. The van der Waals surface area contributed by atoms with Crippen molar-refractivity contribution in [1.82, 2.24) is 0 Å². The van der Waals surface area contributed by atoms with Crippen molar-refractivity contribution < 1.29 is 4.74 Å². The highest BCUT2D eigenvalue weighted by Crippen LogP contribution is 2.34. The Bertz CT molecular complexity index is 701. The van der Waals surface area contributed by atoms with Crippen LogP contribution >= 0.6 is 39.1 Å². The molecule has 0 radical (unpaired) electrons. The third-order valence-corrected chi connectivity index (χ3v) is 4.42. The Morgan fingerprint density at radius 1 is 1.24 bits per heavy atom. The van der Waals surface area contributed by atoms with Crippen molar-refractivity contribution in [3.63, 3.8) is 0 Å². The Morgan fingerprint density at radius 3 is 2.62 bits per heavy atom. The fourth-order valence-corrected chi connectivity index (χ4v) is 2.67. The number of methoxy groups -OCH3 is 1. The van der Waals surface area contributed by atoms with Gasteiger partial charge in [0.25, 0.3) is 0 Å². The molecule has 0 saturated carbocycles. The quantitative estimate of drug-likeness (QED) is 0.761. The van der Waals surface area contributed by atoms with Gasteiger partial charge in [0, 0.05) is 15.7 Å². The minimum absolute atomic E-state index is 0.474. The SMILES string of the molecule is COc1cccc(Cl)c1C(C#N)Nc1ccc(Cl)c(Br)c1. The van der Waals surface area contributed by atoms with E-state index in [9.17, 15) is 5.26 Å². The van der Waals surface area contributed by atoms with E-state index >= 15 is 0 Å². The molecule has 6 heteroatoms. The van der Waals surface area contributed by atoms with Crippen LogP contribution in [0.15, 0.2) is 40.9 Å². The predicted octanol–water partition coefficient (Wildman–Crippen LogP) is 5.44. The summed E-state index contributed by atoms with van der Waals surface area (Å²) in [6.07, 6.45) is 0. The summed E-state index contributed by atoms with van der Waals surface area (Å²) in [6, 6.07) is 12.2. The molecule has 0 fully saturated rings. The molecular weight excluding hydrogens is 375 g/mol. The van der Waals surface area contributed by atoms with Crippen LogP contribution in [-0.4, -0.2) is 7.11 Å². The number of halogens is 3. The van der Waals surface area contributed by atoms with Gasteiger partial charge in [-0.1, -0.05) is 29.3 Å². The largest absolute Gasteiger partial charge is 0.496 e.